The van der Waals surface area contributed by atoms with Gasteiger partial charge in [0.15, 0.2) is 6.61 Å². The first-order chi connectivity index (χ1) is 11.5. The van der Waals surface area contributed by atoms with Crippen LogP contribution in [0.3, 0.4) is 0 Å². The van der Waals surface area contributed by atoms with Crippen LogP contribution in [0.25, 0.3) is 0 Å². The van der Waals surface area contributed by atoms with E-state index in [1.54, 1.807) is 6.26 Å². The molecule has 0 spiro atoms. The Balaban J connectivity index is 2.10. The molecule has 0 fully saturated rings. The van der Waals surface area contributed by atoms with Crippen molar-refractivity contribution in [1.82, 2.24) is 4.90 Å². The van der Waals surface area contributed by atoms with E-state index in [0.29, 0.717) is 17.7 Å². The fraction of sp³-hybridized carbons (Fsp3) is 0.421. The maximum Gasteiger partial charge on any atom is 0.255 e. The highest BCUT2D eigenvalue weighted by molar-refractivity contribution is 5.75. The minimum atomic E-state index is -0.478. The summed E-state index contributed by atoms with van der Waals surface area (Å²) >= 11 is 0. The van der Waals surface area contributed by atoms with E-state index in [1.807, 2.05) is 30.3 Å². The molecule has 1 amide bonds. The number of hydrogen-bond donors (Lipinski definition) is 1. The summed E-state index contributed by atoms with van der Waals surface area (Å²) in [5.41, 5.74) is 6.25. The van der Waals surface area contributed by atoms with Gasteiger partial charge in [0.05, 0.1) is 12.8 Å². The number of carbonyl (C=O) groups is 1. The number of primary amides is 1. The second-order valence-corrected chi connectivity index (χ2v) is 6.37. The molecule has 1 aromatic carbocycles. The molecule has 0 saturated carbocycles. The standard InChI is InChI=1S/C19H26N2O3/c1-14(2)15(3)21(12-18-8-5-9-23-18)11-16-6-4-7-17(10-16)24-13-19(20)22/h4-10,14-15H,11-13H2,1-3H3,(H2,20,22)/t15-/m0/s1. The van der Waals surface area contributed by atoms with Crippen molar-refractivity contribution in [3.63, 3.8) is 0 Å². The molecule has 0 aliphatic carbocycles. The van der Waals surface area contributed by atoms with Crippen molar-refractivity contribution in [2.45, 2.75) is 39.9 Å². The van der Waals surface area contributed by atoms with E-state index in [1.165, 1.54) is 0 Å². The highest BCUT2D eigenvalue weighted by Gasteiger charge is 2.19. The normalized spacial score (nSPS) is 12.5. The second-order valence-electron chi connectivity index (χ2n) is 6.37. The van der Waals surface area contributed by atoms with Crippen molar-refractivity contribution in [3.05, 3.63) is 54.0 Å². The molecule has 0 aliphatic heterocycles. The largest absolute Gasteiger partial charge is 0.484 e. The predicted octanol–water partition coefficient (Wildman–Crippen LogP) is 3.19. The minimum Gasteiger partial charge on any atom is -0.484 e. The van der Waals surface area contributed by atoms with Crippen LogP contribution >= 0.6 is 0 Å². The molecule has 2 N–H and O–H groups in total. The van der Waals surface area contributed by atoms with Gasteiger partial charge in [-0.2, -0.15) is 0 Å². The summed E-state index contributed by atoms with van der Waals surface area (Å²) in [6.07, 6.45) is 1.70. The predicted molar refractivity (Wildman–Crippen MR) is 93.4 cm³/mol. The Morgan fingerprint density at radius 3 is 2.62 bits per heavy atom. The lowest BCUT2D eigenvalue weighted by Gasteiger charge is -2.31. The number of furan rings is 1. The molecule has 1 heterocycles. The molecule has 0 aliphatic rings. The van der Waals surface area contributed by atoms with Crippen LogP contribution in [0.1, 0.15) is 32.1 Å². The third-order valence-corrected chi connectivity index (χ3v) is 4.15. The van der Waals surface area contributed by atoms with Gasteiger partial charge in [0.2, 0.25) is 0 Å². The van der Waals surface area contributed by atoms with Crippen LogP contribution in [0.5, 0.6) is 5.75 Å². The SMILES string of the molecule is CC(C)[C@H](C)N(Cc1cccc(OCC(N)=O)c1)Cc1ccco1. The third kappa shape index (κ3) is 5.42. The van der Waals surface area contributed by atoms with Crippen molar-refractivity contribution in [2.24, 2.45) is 11.7 Å². The van der Waals surface area contributed by atoms with E-state index in [-0.39, 0.29) is 6.61 Å². The maximum atomic E-state index is 10.9. The Morgan fingerprint density at radius 1 is 1.21 bits per heavy atom. The first-order valence-corrected chi connectivity index (χ1v) is 8.22. The monoisotopic (exact) mass is 330 g/mol. The molecular weight excluding hydrogens is 304 g/mol. The fourth-order valence-electron chi connectivity index (χ4n) is 2.49. The molecule has 130 valence electrons. The average molecular weight is 330 g/mol. The van der Waals surface area contributed by atoms with Gasteiger partial charge in [0.25, 0.3) is 5.91 Å². The summed E-state index contributed by atoms with van der Waals surface area (Å²) in [4.78, 5) is 13.2. The molecule has 1 aromatic heterocycles. The van der Waals surface area contributed by atoms with Gasteiger partial charge in [0.1, 0.15) is 11.5 Å². The van der Waals surface area contributed by atoms with Gasteiger partial charge in [-0.3, -0.25) is 9.69 Å². The van der Waals surface area contributed by atoms with Crippen molar-refractivity contribution >= 4 is 5.91 Å². The minimum absolute atomic E-state index is 0.109. The Hall–Kier alpha value is -2.27. The van der Waals surface area contributed by atoms with Crippen molar-refractivity contribution in [1.29, 1.82) is 0 Å². The van der Waals surface area contributed by atoms with E-state index in [2.05, 4.69) is 31.7 Å². The third-order valence-electron chi connectivity index (χ3n) is 4.15. The number of nitrogens with zero attached hydrogens (tertiary/aromatic N) is 1. The van der Waals surface area contributed by atoms with Crippen LogP contribution in [0, 0.1) is 5.92 Å². The van der Waals surface area contributed by atoms with Crippen molar-refractivity contribution in [2.75, 3.05) is 6.61 Å². The molecule has 2 rings (SSSR count). The summed E-state index contributed by atoms with van der Waals surface area (Å²) in [6, 6.07) is 12.1. The second kappa shape index (κ2) is 8.55. The van der Waals surface area contributed by atoms with Crippen LogP contribution in [0.2, 0.25) is 0 Å². The molecule has 1 atom stereocenters. The summed E-state index contributed by atoms with van der Waals surface area (Å²) < 4.78 is 10.9. The zero-order chi connectivity index (χ0) is 17.5. The first-order valence-electron chi connectivity index (χ1n) is 8.22. The molecule has 2 aromatic rings. The van der Waals surface area contributed by atoms with Gasteiger partial charge in [-0.15, -0.1) is 0 Å². The summed E-state index contributed by atoms with van der Waals surface area (Å²) in [7, 11) is 0. The number of amides is 1. The number of benzene rings is 1. The zero-order valence-corrected chi connectivity index (χ0v) is 14.6. The Bertz CT molecular complexity index is 638. The average Bonchev–Trinajstić information content (AvgIpc) is 3.05. The summed E-state index contributed by atoms with van der Waals surface area (Å²) in [5, 5.41) is 0. The fourth-order valence-corrected chi connectivity index (χ4v) is 2.49. The van der Waals surface area contributed by atoms with Crippen LogP contribution in [0.15, 0.2) is 47.1 Å². The summed E-state index contributed by atoms with van der Waals surface area (Å²) in [5.74, 6) is 1.65. The molecule has 0 radical (unpaired) electrons. The molecule has 0 saturated heterocycles. The number of carbonyl (C=O) groups excluding carboxylic acids is 1. The molecule has 24 heavy (non-hydrogen) atoms. The first kappa shape index (κ1) is 18.1. The zero-order valence-electron chi connectivity index (χ0n) is 14.6. The van der Waals surface area contributed by atoms with Gasteiger partial charge >= 0.3 is 0 Å². The van der Waals surface area contributed by atoms with Crippen LogP contribution in [0.4, 0.5) is 0 Å². The topological polar surface area (TPSA) is 68.7 Å². The van der Waals surface area contributed by atoms with Crippen LogP contribution in [-0.2, 0) is 17.9 Å². The number of nitrogens with two attached hydrogens (primary N) is 1. The summed E-state index contributed by atoms with van der Waals surface area (Å²) in [6.45, 7) is 8.06. The van der Waals surface area contributed by atoms with Gasteiger partial charge < -0.3 is 14.9 Å². The highest BCUT2D eigenvalue weighted by Crippen LogP contribution is 2.20. The lowest BCUT2D eigenvalue weighted by Crippen LogP contribution is -2.35. The maximum absolute atomic E-state index is 10.9. The van der Waals surface area contributed by atoms with Gasteiger partial charge in [-0.25, -0.2) is 0 Å². The van der Waals surface area contributed by atoms with E-state index in [0.717, 1.165) is 24.4 Å². The molecule has 5 heteroatoms. The van der Waals surface area contributed by atoms with E-state index in [4.69, 9.17) is 14.9 Å². The Kier molecular flexibility index (Phi) is 6.44. The highest BCUT2D eigenvalue weighted by atomic mass is 16.5. The van der Waals surface area contributed by atoms with Crippen LogP contribution < -0.4 is 10.5 Å². The van der Waals surface area contributed by atoms with Gasteiger partial charge in [-0.1, -0.05) is 26.0 Å². The van der Waals surface area contributed by atoms with Crippen LogP contribution in [-0.4, -0.2) is 23.5 Å². The van der Waals surface area contributed by atoms with E-state index in [9.17, 15) is 4.79 Å². The Labute approximate surface area is 143 Å². The smallest absolute Gasteiger partial charge is 0.255 e. The number of ether oxygens (including phenoxy) is 1. The molecular formula is C19H26N2O3. The lowest BCUT2D eigenvalue weighted by molar-refractivity contribution is -0.119. The van der Waals surface area contributed by atoms with Gasteiger partial charge in [0, 0.05) is 12.6 Å². The van der Waals surface area contributed by atoms with Crippen molar-refractivity contribution in [3.8, 4) is 5.75 Å². The lowest BCUT2D eigenvalue weighted by atomic mass is 10.0. The number of rotatable bonds is 9. The quantitative estimate of drug-likeness (QED) is 0.766. The van der Waals surface area contributed by atoms with Crippen molar-refractivity contribution < 1.29 is 13.9 Å². The molecule has 5 nitrogen and oxygen atoms in total. The molecule has 0 bridgehead atoms. The van der Waals surface area contributed by atoms with Gasteiger partial charge in [-0.05, 0) is 42.7 Å². The molecule has 0 unspecified atom stereocenters. The van der Waals surface area contributed by atoms with E-state index < -0.39 is 5.91 Å². The van der Waals surface area contributed by atoms with E-state index >= 15 is 0 Å². The Morgan fingerprint density at radius 2 is 2.00 bits per heavy atom. The number of hydrogen-bond acceptors (Lipinski definition) is 4.